The normalized spacial score (nSPS) is 12.8. The maximum Gasteiger partial charge on any atom is 0.243 e. The Labute approximate surface area is 127 Å². The van der Waals surface area contributed by atoms with Gasteiger partial charge in [-0.2, -0.15) is 4.31 Å². The molecule has 1 rings (SSSR count). The lowest BCUT2D eigenvalue weighted by Crippen LogP contribution is -2.36. The van der Waals surface area contributed by atoms with Gasteiger partial charge in [0.2, 0.25) is 10.0 Å². The van der Waals surface area contributed by atoms with E-state index in [1.807, 2.05) is 34.7 Å². The highest BCUT2D eigenvalue weighted by atomic mass is 32.2. The molecule has 0 aromatic carbocycles. The number of nitrogens with zero attached hydrogens (tertiary/aromatic N) is 1. The minimum atomic E-state index is -3.37. The summed E-state index contributed by atoms with van der Waals surface area (Å²) < 4.78 is 27.1. The Morgan fingerprint density at radius 3 is 2.20 bits per heavy atom. The highest BCUT2D eigenvalue weighted by Crippen LogP contribution is 2.24. The maximum absolute atomic E-state index is 12.7. The second-order valence-electron chi connectivity index (χ2n) is 5.89. The van der Waals surface area contributed by atoms with E-state index in [1.54, 1.807) is 15.8 Å². The lowest BCUT2D eigenvalue weighted by molar-refractivity contribution is 0.333. The third-order valence-corrected chi connectivity index (χ3v) is 5.65. The van der Waals surface area contributed by atoms with E-state index in [4.69, 9.17) is 0 Å². The summed E-state index contributed by atoms with van der Waals surface area (Å²) in [5.41, 5.74) is 0. The van der Waals surface area contributed by atoms with Gasteiger partial charge in [-0.05, 0) is 24.9 Å². The molecule has 0 spiro atoms. The van der Waals surface area contributed by atoms with Gasteiger partial charge >= 0.3 is 0 Å². The standard InChI is InChI=1S/C14H26N2O2S2/c1-11(2)8-16(9-12(3)4)20(17,18)14-6-13(7-15-5)19-10-14/h6,10-12,15H,7-9H2,1-5H3. The molecule has 4 nitrogen and oxygen atoms in total. The first-order valence-corrected chi connectivity index (χ1v) is 9.31. The third-order valence-electron chi connectivity index (χ3n) is 2.76. The summed E-state index contributed by atoms with van der Waals surface area (Å²) in [5.74, 6) is 0.637. The summed E-state index contributed by atoms with van der Waals surface area (Å²) in [7, 11) is -1.51. The van der Waals surface area contributed by atoms with Crippen molar-refractivity contribution in [3.8, 4) is 0 Å². The van der Waals surface area contributed by atoms with E-state index >= 15 is 0 Å². The van der Waals surface area contributed by atoms with Crippen molar-refractivity contribution in [1.29, 1.82) is 0 Å². The molecule has 0 saturated heterocycles. The lowest BCUT2D eigenvalue weighted by atomic mass is 10.2. The van der Waals surface area contributed by atoms with E-state index in [9.17, 15) is 8.42 Å². The number of thiophene rings is 1. The predicted molar refractivity (Wildman–Crippen MR) is 85.5 cm³/mol. The third kappa shape index (κ3) is 4.84. The maximum atomic E-state index is 12.7. The van der Waals surface area contributed by atoms with Crippen LogP contribution in [0.25, 0.3) is 0 Å². The van der Waals surface area contributed by atoms with Gasteiger partial charge in [-0.3, -0.25) is 0 Å². The van der Waals surface area contributed by atoms with E-state index in [-0.39, 0.29) is 0 Å². The van der Waals surface area contributed by atoms with Crippen molar-refractivity contribution in [3.63, 3.8) is 0 Å². The van der Waals surface area contributed by atoms with Gasteiger partial charge in [0.25, 0.3) is 0 Å². The molecule has 0 atom stereocenters. The Morgan fingerprint density at radius 1 is 1.20 bits per heavy atom. The fourth-order valence-electron chi connectivity index (χ4n) is 2.00. The average molecular weight is 319 g/mol. The van der Waals surface area contributed by atoms with E-state index < -0.39 is 10.0 Å². The first kappa shape index (κ1) is 17.6. The zero-order chi connectivity index (χ0) is 15.3. The molecule has 1 N–H and O–H groups in total. The molecule has 0 aliphatic heterocycles. The highest BCUT2D eigenvalue weighted by Gasteiger charge is 2.26. The molecule has 20 heavy (non-hydrogen) atoms. The first-order valence-electron chi connectivity index (χ1n) is 6.99. The van der Waals surface area contributed by atoms with Crippen LogP contribution in [0.2, 0.25) is 0 Å². The minimum absolute atomic E-state index is 0.318. The van der Waals surface area contributed by atoms with Crippen molar-refractivity contribution in [2.24, 2.45) is 11.8 Å². The van der Waals surface area contributed by atoms with Gasteiger partial charge in [0.1, 0.15) is 0 Å². The van der Waals surface area contributed by atoms with Gasteiger partial charge in [-0.15, -0.1) is 11.3 Å². The average Bonchev–Trinajstić information content (AvgIpc) is 2.76. The molecule has 0 unspecified atom stereocenters. The Bertz CT molecular complexity index is 497. The molecule has 1 aromatic rings. The Kier molecular flexibility index (Phi) is 6.64. The second-order valence-corrected chi connectivity index (χ2v) is 8.82. The number of hydrogen-bond acceptors (Lipinski definition) is 4. The molecule has 1 heterocycles. The number of hydrogen-bond donors (Lipinski definition) is 1. The number of nitrogens with one attached hydrogen (secondary N) is 1. The molecule has 0 bridgehead atoms. The van der Waals surface area contributed by atoms with Crippen LogP contribution in [0.5, 0.6) is 0 Å². The van der Waals surface area contributed by atoms with E-state index in [2.05, 4.69) is 5.32 Å². The van der Waals surface area contributed by atoms with Crippen LogP contribution in [-0.4, -0.2) is 32.9 Å². The summed E-state index contributed by atoms with van der Waals surface area (Å²) in [5, 5.41) is 4.79. The van der Waals surface area contributed by atoms with Crippen molar-refractivity contribution < 1.29 is 8.42 Å². The summed E-state index contributed by atoms with van der Waals surface area (Å²) >= 11 is 1.49. The fourth-order valence-corrected chi connectivity index (χ4v) is 5.04. The summed E-state index contributed by atoms with van der Waals surface area (Å²) in [6.45, 7) is 10.0. The molecule has 0 aliphatic carbocycles. The molecule has 6 heteroatoms. The summed E-state index contributed by atoms with van der Waals surface area (Å²) in [6.07, 6.45) is 0. The predicted octanol–water partition coefficient (Wildman–Crippen LogP) is 2.77. The quantitative estimate of drug-likeness (QED) is 0.802. The SMILES string of the molecule is CNCc1cc(S(=O)(=O)N(CC(C)C)CC(C)C)cs1. The molecule has 0 amide bonds. The van der Waals surface area contributed by atoms with Crippen LogP contribution in [0.4, 0.5) is 0 Å². The van der Waals surface area contributed by atoms with E-state index in [0.717, 1.165) is 4.88 Å². The van der Waals surface area contributed by atoms with Crippen LogP contribution < -0.4 is 5.32 Å². The molecule has 116 valence electrons. The molecular weight excluding hydrogens is 292 g/mol. The van der Waals surface area contributed by atoms with Gasteiger partial charge < -0.3 is 5.32 Å². The molecule has 0 saturated carbocycles. The van der Waals surface area contributed by atoms with Crippen molar-refractivity contribution in [1.82, 2.24) is 9.62 Å². The van der Waals surface area contributed by atoms with Crippen LogP contribution in [-0.2, 0) is 16.6 Å². The monoisotopic (exact) mass is 318 g/mol. The molecule has 0 fully saturated rings. The molecule has 0 radical (unpaired) electrons. The van der Waals surface area contributed by atoms with Crippen LogP contribution in [0.3, 0.4) is 0 Å². The van der Waals surface area contributed by atoms with Crippen LogP contribution >= 0.6 is 11.3 Å². The van der Waals surface area contributed by atoms with E-state index in [1.165, 1.54) is 11.3 Å². The Balaban J connectivity index is 3.01. The van der Waals surface area contributed by atoms with E-state index in [0.29, 0.717) is 36.4 Å². The zero-order valence-electron chi connectivity index (χ0n) is 13.0. The van der Waals surface area contributed by atoms with Gasteiger partial charge in [-0.25, -0.2) is 8.42 Å². The first-order chi connectivity index (χ1) is 9.27. The zero-order valence-corrected chi connectivity index (χ0v) is 14.6. The topological polar surface area (TPSA) is 49.4 Å². The Morgan fingerprint density at radius 2 is 1.75 bits per heavy atom. The summed E-state index contributed by atoms with van der Waals surface area (Å²) in [6, 6.07) is 1.78. The van der Waals surface area contributed by atoms with Gasteiger partial charge in [0.05, 0.1) is 4.90 Å². The molecular formula is C14H26N2O2S2. The minimum Gasteiger partial charge on any atom is -0.315 e. The smallest absolute Gasteiger partial charge is 0.243 e. The lowest BCUT2D eigenvalue weighted by Gasteiger charge is -2.25. The number of rotatable bonds is 8. The van der Waals surface area contributed by atoms with Crippen molar-refractivity contribution in [2.75, 3.05) is 20.1 Å². The molecule has 1 aromatic heterocycles. The van der Waals surface area contributed by atoms with Gasteiger partial charge in [0, 0.05) is 29.9 Å². The van der Waals surface area contributed by atoms with Crippen LogP contribution in [0, 0.1) is 11.8 Å². The van der Waals surface area contributed by atoms with Crippen molar-refractivity contribution >= 4 is 21.4 Å². The summed E-state index contributed by atoms with van der Waals surface area (Å²) in [4.78, 5) is 1.47. The van der Waals surface area contributed by atoms with Crippen LogP contribution in [0.15, 0.2) is 16.3 Å². The van der Waals surface area contributed by atoms with Gasteiger partial charge in [0.15, 0.2) is 0 Å². The largest absolute Gasteiger partial charge is 0.315 e. The van der Waals surface area contributed by atoms with Crippen molar-refractivity contribution in [3.05, 3.63) is 16.3 Å². The second kappa shape index (κ2) is 7.54. The highest BCUT2D eigenvalue weighted by molar-refractivity contribution is 7.89. The fraction of sp³-hybridized carbons (Fsp3) is 0.714. The van der Waals surface area contributed by atoms with Crippen molar-refractivity contribution in [2.45, 2.75) is 39.1 Å². The number of sulfonamides is 1. The van der Waals surface area contributed by atoms with Gasteiger partial charge in [-0.1, -0.05) is 27.7 Å². The van der Waals surface area contributed by atoms with Crippen LogP contribution in [0.1, 0.15) is 32.6 Å². The Hall–Kier alpha value is -0.430. The molecule has 0 aliphatic rings.